The van der Waals surface area contributed by atoms with Crippen LogP contribution in [0.2, 0.25) is 0 Å². The lowest BCUT2D eigenvalue weighted by Gasteiger charge is -2.10. The van der Waals surface area contributed by atoms with Crippen LogP contribution < -0.4 is 19.5 Å². The van der Waals surface area contributed by atoms with Crippen molar-refractivity contribution >= 4 is 5.91 Å². The van der Waals surface area contributed by atoms with Gasteiger partial charge in [0.1, 0.15) is 5.75 Å². The second-order valence-electron chi connectivity index (χ2n) is 6.06. The van der Waals surface area contributed by atoms with Gasteiger partial charge in [-0.15, -0.1) is 0 Å². The highest BCUT2D eigenvalue weighted by atomic mass is 16.5. The SMILES string of the molecule is COc1cccc(-c2cc(CC(=O)NCc3ccc(OC)c(OC)c3)no2)c1. The van der Waals surface area contributed by atoms with Crippen LogP contribution in [0.4, 0.5) is 0 Å². The van der Waals surface area contributed by atoms with Gasteiger partial charge in [-0.25, -0.2) is 0 Å². The van der Waals surface area contributed by atoms with Gasteiger partial charge >= 0.3 is 0 Å². The molecule has 0 aliphatic rings. The van der Waals surface area contributed by atoms with Gasteiger partial charge in [-0.05, 0) is 29.8 Å². The minimum Gasteiger partial charge on any atom is -0.497 e. The molecule has 1 amide bonds. The van der Waals surface area contributed by atoms with E-state index in [0.29, 0.717) is 29.5 Å². The van der Waals surface area contributed by atoms with Crippen LogP contribution in [0.15, 0.2) is 53.1 Å². The van der Waals surface area contributed by atoms with E-state index in [4.69, 9.17) is 18.7 Å². The third-order valence-corrected chi connectivity index (χ3v) is 4.19. The van der Waals surface area contributed by atoms with Gasteiger partial charge in [0.25, 0.3) is 0 Å². The van der Waals surface area contributed by atoms with Crippen molar-refractivity contribution in [3.05, 3.63) is 59.8 Å². The van der Waals surface area contributed by atoms with Crippen LogP contribution in [0.25, 0.3) is 11.3 Å². The van der Waals surface area contributed by atoms with Crippen molar-refractivity contribution in [2.75, 3.05) is 21.3 Å². The van der Waals surface area contributed by atoms with Gasteiger partial charge in [-0.2, -0.15) is 0 Å². The maximum absolute atomic E-state index is 12.2. The van der Waals surface area contributed by atoms with Gasteiger partial charge in [0.15, 0.2) is 17.3 Å². The molecule has 0 spiro atoms. The fourth-order valence-electron chi connectivity index (χ4n) is 2.73. The summed E-state index contributed by atoms with van der Waals surface area (Å²) in [6, 6.07) is 14.7. The number of aromatic nitrogens is 1. The molecule has 0 fully saturated rings. The van der Waals surface area contributed by atoms with Crippen LogP contribution in [0.5, 0.6) is 17.2 Å². The summed E-state index contributed by atoms with van der Waals surface area (Å²) in [7, 11) is 4.76. The van der Waals surface area contributed by atoms with Crippen molar-refractivity contribution in [3.8, 4) is 28.6 Å². The van der Waals surface area contributed by atoms with Crippen molar-refractivity contribution in [2.24, 2.45) is 0 Å². The average molecular weight is 382 g/mol. The summed E-state index contributed by atoms with van der Waals surface area (Å²) in [5, 5.41) is 6.85. The number of hydrogen-bond acceptors (Lipinski definition) is 6. The first-order valence-electron chi connectivity index (χ1n) is 8.70. The molecule has 7 nitrogen and oxygen atoms in total. The standard InChI is InChI=1S/C21H22N2O5/c1-25-17-6-4-5-15(10-17)19-11-16(23-28-19)12-21(24)22-13-14-7-8-18(26-2)20(9-14)27-3/h4-11H,12-13H2,1-3H3,(H,22,24). The molecular weight excluding hydrogens is 360 g/mol. The lowest BCUT2D eigenvalue weighted by Crippen LogP contribution is -2.24. The van der Waals surface area contributed by atoms with E-state index in [1.54, 1.807) is 33.5 Å². The van der Waals surface area contributed by atoms with Crippen molar-refractivity contribution < 1.29 is 23.5 Å². The first-order valence-corrected chi connectivity index (χ1v) is 8.70. The Morgan fingerprint density at radius 1 is 1.00 bits per heavy atom. The van der Waals surface area contributed by atoms with E-state index in [1.165, 1.54) is 0 Å². The molecule has 0 saturated carbocycles. The quantitative estimate of drug-likeness (QED) is 0.644. The smallest absolute Gasteiger partial charge is 0.226 e. The van der Waals surface area contributed by atoms with Crippen molar-refractivity contribution in [2.45, 2.75) is 13.0 Å². The van der Waals surface area contributed by atoms with Crippen molar-refractivity contribution in [3.63, 3.8) is 0 Å². The topological polar surface area (TPSA) is 82.8 Å². The van der Waals surface area contributed by atoms with E-state index in [-0.39, 0.29) is 12.3 Å². The first-order chi connectivity index (χ1) is 13.6. The molecule has 0 unspecified atom stereocenters. The predicted molar refractivity (Wildman–Crippen MR) is 104 cm³/mol. The molecule has 3 rings (SSSR count). The molecule has 0 saturated heterocycles. The number of carbonyl (C=O) groups is 1. The molecule has 28 heavy (non-hydrogen) atoms. The molecule has 0 radical (unpaired) electrons. The minimum atomic E-state index is -0.153. The van der Waals surface area contributed by atoms with E-state index in [2.05, 4.69) is 10.5 Å². The van der Waals surface area contributed by atoms with Crippen LogP contribution in [-0.2, 0) is 17.8 Å². The van der Waals surface area contributed by atoms with E-state index in [1.807, 2.05) is 36.4 Å². The molecule has 3 aromatic rings. The van der Waals surface area contributed by atoms with Gasteiger partial charge in [0, 0.05) is 18.2 Å². The molecular formula is C21H22N2O5. The minimum absolute atomic E-state index is 0.126. The number of hydrogen-bond donors (Lipinski definition) is 1. The summed E-state index contributed by atoms with van der Waals surface area (Å²) in [6.07, 6.45) is 0.126. The number of ether oxygens (including phenoxy) is 3. The summed E-state index contributed by atoms with van der Waals surface area (Å²) in [5.41, 5.74) is 2.30. The monoisotopic (exact) mass is 382 g/mol. The Labute approximate surface area is 163 Å². The Bertz CT molecular complexity index is 951. The molecule has 1 heterocycles. The Morgan fingerprint density at radius 2 is 1.82 bits per heavy atom. The van der Waals surface area contributed by atoms with Crippen LogP contribution in [0.1, 0.15) is 11.3 Å². The van der Waals surface area contributed by atoms with Gasteiger partial charge in [0.05, 0.1) is 33.4 Å². The Hall–Kier alpha value is -3.48. The lowest BCUT2D eigenvalue weighted by atomic mass is 10.1. The zero-order valence-electron chi connectivity index (χ0n) is 16.0. The molecule has 0 atom stereocenters. The number of nitrogens with zero attached hydrogens (tertiary/aromatic N) is 1. The highest BCUT2D eigenvalue weighted by Gasteiger charge is 2.12. The van der Waals surface area contributed by atoms with Crippen molar-refractivity contribution in [1.82, 2.24) is 10.5 Å². The van der Waals surface area contributed by atoms with Crippen LogP contribution in [-0.4, -0.2) is 32.4 Å². The van der Waals surface area contributed by atoms with E-state index in [9.17, 15) is 4.79 Å². The number of amides is 1. The zero-order chi connectivity index (χ0) is 19.9. The summed E-state index contributed by atoms with van der Waals surface area (Å²) >= 11 is 0. The Balaban J connectivity index is 1.59. The molecule has 146 valence electrons. The van der Waals surface area contributed by atoms with E-state index < -0.39 is 0 Å². The van der Waals surface area contributed by atoms with Crippen LogP contribution in [0, 0.1) is 0 Å². The van der Waals surface area contributed by atoms with E-state index >= 15 is 0 Å². The molecule has 0 aliphatic heterocycles. The maximum Gasteiger partial charge on any atom is 0.226 e. The fourth-order valence-corrected chi connectivity index (χ4v) is 2.73. The highest BCUT2D eigenvalue weighted by Crippen LogP contribution is 2.27. The van der Waals surface area contributed by atoms with Gasteiger partial charge < -0.3 is 24.1 Å². The number of rotatable bonds is 8. The van der Waals surface area contributed by atoms with Gasteiger partial charge in [-0.1, -0.05) is 23.4 Å². The summed E-state index contributed by atoms with van der Waals surface area (Å²) in [5.74, 6) is 2.42. The summed E-state index contributed by atoms with van der Waals surface area (Å²) in [6.45, 7) is 0.375. The molecule has 0 bridgehead atoms. The highest BCUT2D eigenvalue weighted by molar-refractivity contribution is 5.78. The normalized spacial score (nSPS) is 10.4. The first kappa shape index (κ1) is 19.3. The molecule has 1 N–H and O–H groups in total. The van der Waals surface area contributed by atoms with E-state index in [0.717, 1.165) is 16.9 Å². The summed E-state index contributed by atoms with van der Waals surface area (Å²) in [4.78, 5) is 12.2. The second-order valence-corrected chi connectivity index (χ2v) is 6.06. The maximum atomic E-state index is 12.2. The number of nitrogens with one attached hydrogen (secondary N) is 1. The lowest BCUT2D eigenvalue weighted by molar-refractivity contribution is -0.120. The molecule has 7 heteroatoms. The largest absolute Gasteiger partial charge is 0.497 e. The van der Waals surface area contributed by atoms with Gasteiger partial charge in [0.2, 0.25) is 5.91 Å². The zero-order valence-corrected chi connectivity index (χ0v) is 16.0. The van der Waals surface area contributed by atoms with Crippen LogP contribution in [0.3, 0.4) is 0 Å². The fraction of sp³-hybridized carbons (Fsp3) is 0.238. The molecule has 2 aromatic carbocycles. The van der Waals surface area contributed by atoms with Crippen LogP contribution >= 0.6 is 0 Å². The predicted octanol–water partition coefficient (Wildman–Crippen LogP) is 3.23. The molecule has 1 aromatic heterocycles. The third-order valence-electron chi connectivity index (χ3n) is 4.19. The number of carbonyl (C=O) groups excluding carboxylic acids is 1. The number of benzene rings is 2. The van der Waals surface area contributed by atoms with Gasteiger partial charge in [-0.3, -0.25) is 4.79 Å². The Morgan fingerprint density at radius 3 is 2.57 bits per heavy atom. The molecule has 0 aliphatic carbocycles. The average Bonchev–Trinajstić information content (AvgIpc) is 3.20. The Kier molecular flexibility index (Phi) is 6.16. The third kappa shape index (κ3) is 4.62. The van der Waals surface area contributed by atoms with Crippen molar-refractivity contribution in [1.29, 1.82) is 0 Å². The number of methoxy groups -OCH3 is 3. The summed E-state index contributed by atoms with van der Waals surface area (Å²) < 4.78 is 21.0. The second kappa shape index (κ2) is 8.94.